The maximum absolute atomic E-state index is 12.5. The van der Waals surface area contributed by atoms with Crippen molar-refractivity contribution in [2.75, 3.05) is 19.8 Å². The minimum Gasteiger partial charge on any atom is -0.480 e. The van der Waals surface area contributed by atoms with E-state index >= 15 is 0 Å². The smallest absolute Gasteiger partial charge is 0.472 e. The molecule has 4 N–H and O–H groups in total. The largest absolute Gasteiger partial charge is 0.480 e. The Kier molecular flexibility index (Phi) is 34.4. The fourth-order valence-electron chi connectivity index (χ4n) is 4.54. The van der Waals surface area contributed by atoms with Crippen molar-refractivity contribution in [1.82, 2.24) is 0 Å². The van der Waals surface area contributed by atoms with Crippen LogP contribution in [0.25, 0.3) is 0 Å². The predicted molar refractivity (Wildman–Crippen MR) is 217 cm³/mol. The number of esters is 2. The first-order valence-corrected chi connectivity index (χ1v) is 21.1. The zero-order valence-electron chi connectivity index (χ0n) is 32.8. The number of ether oxygens (including phenoxy) is 2. The standard InChI is InChI=1S/C42H68NO10P/c1-3-5-7-9-11-13-15-16-17-18-19-20-21-22-24-26-28-30-32-34-41(45)53-38(36-51-54(48,49)52-37-39(43)42(46)47)35-50-40(44)33-31-29-27-25-23-14-12-10-8-6-4-2/h5,7,10-13,16-17,19-20,22,24,28,30,38-39H,3-4,6,8-9,14-15,18,21,23,25-27,29,31-37,43H2,1-2H3,(H,46,47)(H,48,49)/t38-,39+/m1/s1. The second-order valence-corrected chi connectivity index (χ2v) is 14.1. The van der Waals surface area contributed by atoms with Gasteiger partial charge in [-0.3, -0.25) is 23.4 Å². The van der Waals surface area contributed by atoms with Crippen LogP contribution in [0.4, 0.5) is 0 Å². The summed E-state index contributed by atoms with van der Waals surface area (Å²) in [6.45, 7) is 2.53. The Balaban J connectivity index is 4.58. The Labute approximate surface area is 324 Å². The van der Waals surface area contributed by atoms with Crippen LogP contribution in [0.2, 0.25) is 0 Å². The molecular weight excluding hydrogens is 709 g/mol. The summed E-state index contributed by atoms with van der Waals surface area (Å²) >= 11 is 0. The van der Waals surface area contributed by atoms with E-state index in [1.807, 2.05) is 18.2 Å². The average molecular weight is 778 g/mol. The molecule has 0 aliphatic heterocycles. The molecule has 0 aliphatic rings. The molecule has 0 aromatic rings. The monoisotopic (exact) mass is 777 g/mol. The molecule has 12 heteroatoms. The SMILES string of the molecule is CCC=CCC=CCC=CCC=CCC=CCC=CCCC(=O)O[C@H](COC(=O)CCCCCCCC=CCCCC)COP(=O)(O)OC[C@H](N)C(=O)O. The Morgan fingerprint density at radius 3 is 1.63 bits per heavy atom. The molecule has 0 aliphatic carbocycles. The molecule has 0 saturated heterocycles. The van der Waals surface area contributed by atoms with E-state index in [1.165, 1.54) is 12.8 Å². The number of rotatable bonds is 35. The van der Waals surface area contributed by atoms with Crippen LogP contribution in [0.15, 0.2) is 85.1 Å². The van der Waals surface area contributed by atoms with Crippen LogP contribution < -0.4 is 5.73 Å². The number of nitrogens with two attached hydrogens (primary N) is 1. The van der Waals surface area contributed by atoms with E-state index in [0.29, 0.717) is 19.3 Å². The van der Waals surface area contributed by atoms with Crippen LogP contribution in [0.5, 0.6) is 0 Å². The number of allylic oxidation sites excluding steroid dienone is 14. The van der Waals surface area contributed by atoms with E-state index in [4.69, 9.17) is 24.8 Å². The zero-order valence-corrected chi connectivity index (χ0v) is 33.7. The van der Waals surface area contributed by atoms with Gasteiger partial charge < -0.3 is 25.2 Å². The maximum atomic E-state index is 12.5. The number of unbranched alkanes of at least 4 members (excludes halogenated alkanes) is 7. The van der Waals surface area contributed by atoms with Crippen molar-refractivity contribution < 1.29 is 47.5 Å². The molecule has 0 amide bonds. The zero-order chi connectivity index (χ0) is 40.0. The number of phosphoric ester groups is 1. The second-order valence-electron chi connectivity index (χ2n) is 12.7. The van der Waals surface area contributed by atoms with Crippen LogP contribution in [0, 0.1) is 0 Å². The van der Waals surface area contributed by atoms with Crippen molar-refractivity contribution in [3.05, 3.63) is 85.1 Å². The molecule has 11 nitrogen and oxygen atoms in total. The molecule has 0 aromatic carbocycles. The van der Waals surface area contributed by atoms with Gasteiger partial charge in [-0.2, -0.15) is 0 Å². The molecular formula is C42H68NO10P. The van der Waals surface area contributed by atoms with E-state index in [-0.39, 0.29) is 19.4 Å². The molecule has 1 unspecified atom stereocenters. The third kappa shape index (κ3) is 35.7. The fourth-order valence-corrected chi connectivity index (χ4v) is 5.32. The van der Waals surface area contributed by atoms with Crippen LogP contribution in [-0.4, -0.2) is 59.9 Å². The highest BCUT2D eigenvalue weighted by molar-refractivity contribution is 7.47. The van der Waals surface area contributed by atoms with E-state index in [1.54, 1.807) is 0 Å². The maximum Gasteiger partial charge on any atom is 0.472 e. The molecule has 3 atom stereocenters. The normalized spacial score (nSPS) is 14.7. The predicted octanol–water partition coefficient (Wildman–Crippen LogP) is 9.94. The molecule has 0 rings (SSSR count). The molecule has 0 radical (unpaired) electrons. The van der Waals surface area contributed by atoms with Gasteiger partial charge in [0.05, 0.1) is 13.2 Å². The highest BCUT2D eigenvalue weighted by atomic mass is 31.2. The lowest BCUT2D eigenvalue weighted by Crippen LogP contribution is -2.34. The lowest BCUT2D eigenvalue weighted by Gasteiger charge is -2.20. The highest BCUT2D eigenvalue weighted by Crippen LogP contribution is 2.43. The lowest BCUT2D eigenvalue weighted by atomic mass is 10.1. The lowest BCUT2D eigenvalue weighted by molar-refractivity contribution is -0.161. The molecule has 306 valence electrons. The van der Waals surface area contributed by atoms with Gasteiger partial charge in [0.25, 0.3) is 0 Å². The number of carbonyl (C=O) groups excluding carboxylic acids is 2. The summed E-state index contributed by atoms with van der Waals surface area (Å²) < 4.78 is 32.5. The Morgan fingerprint density at radius 2 is 1.07 bits per heavy atom. The number of phosphoric acid groups is 1. The Morgan fingerprint density at radius 1 is 0.593 bits per heavy atom. The summed E-state index contributed by atoms with van der Waals surface area (Å²) in [7, 11) is -4.74. The Hall–Kier alpha value is -3.34. The molecule has 0 fully saturated rings. The first-order chi connectivity index (χ1) is 26.1. The van der Waals surface area contributed by atoms with Crippen molar-refractivity contribution >= 4 is 25.7 Å². The van der Waals surface area contributed by atoms with Gasteiger partial charge in [0.15, 0.2) is 6.10 Å². The number of carboxylic acids is 1. The van der Waals surface area contributed by atoms with E-state index in [9.17, 15) is 23.8 Å². The minimum atomic E-state index is -4.74. The topological polar surface area (TPSA) is 172 Å². The third-order valence-electron chi connectivity index (χ3n) is 7.64. The first kappa shape index (κ1) is 50.7. The minimum absolute atomic E-state index is 0.0297. The summed E-state index contributed by atoms with van der Waals surface area (Å²) in [5.74, 6) is -2.51. The number of hydrogen-bond acceptors (Lipinski definition) is 9. The number of carbonyl (C=O) groups is 3. The van der Waals surface area contributed by atoms with Gasteiger partial charge in [0.1, 0.15) is 12.6 Å². The summed E-state index contributed by atoms with van der Waals surface area (Å²) in [5, 5.41) is 8.86. The summed E-state index contributed by atoms with van der Waals surface area (Å²) in [6, 6.07) is -1.54. The van der Waals surface area contributed by atoms with E-state index in [2.05, 4.69) is 85.2 Å². The molecule has 0 heterocycles. The van der Waals surface area contributed by atoms with Crippen LogP contribution >= 0.6 is 7.82 Å². The molecule has 0 aromatic heterocycles. The van der Waals surface area contributed by atoms with Crippen molar-refractivity contribution in [3.63, 3.8) is 0 Å². The summed E-state index contributed by atoms with van der Waals surface area (Å²) in [5.41, 5.74) is 5.31. The molecule has 0 spiro atoms. The second kappa shape index (κ2) is 36.6. The van der Waals surface area contributed by atoms with Crippen LogP contribution in [0.1, 0.15) is 129 Å². The van der Waals surface area contributed by atoms with Gasteiger partial charge in [-0.05, 0) is 70.6 Å². The van der Waals surface area contributed by atoms with Crippen LogP contribution in [-0.2, 0) is 37.5 Å². The van der Waals surface area contributed by atoms with Crippen molar-refractivity contribution in [1.29, 1.82) is 0 Å². The van der Waals surface area contributed by atoms with E-state index in [0.717, 1.165) is 70.6 Å². The van der Waals surface area contributed by atoms with Crippen molar-refractivity contribution in [3.8, 4) is 0 Å². The number of aliphatic carboxylic acids is 1. The van der Waals surface area contributed by atoms with E-state index < -0.39 is 51.1 Å². The third-order valence-corrected chi connectivity index (χ3v) is 8.59. The quantitative estimate of drug-likeness (QED) is 0.0242. The van der Waals surface area contributed by atoms with Crippen molar-refractivity contribution in [2.45, 2.75) is 142 Å². The summed E-state index contributed by atoms with van der Waals surface area (Å²) in [6.07, 6.45) is 43.9. The first-order valence-electron chi connectivity index (χ1n) is 19.6. The van der Waals surface area contributed by atoms with Gasteiger partial charge in [-0.25, -0.2) is 4.57 Å². The average Bonchev–Trinajstić information content (AvgIpc) is 3.14. The van der Waals surface area contributed by atoms with Gasteiger partial charge in [-0.15, -0.1) is 0 Å². The number of carboxylic acid groups (broad SMARTS) is 1. The Bertz CT molecular complexity index is 1240. The summed E-state index contributed by atoms with van der Waals surface area (Å²) in [4.78, 5) is 45.7. The molecule has 54 heavy (non-hydrogen) atoms. The molecule has 0 bridgehead atoms. The molecule has 0 saturated carbocycles. The van der Waals surface area contributed by atoms with Gasteiger partial charge in [0.2, 0.25) is 0 Å². The van der Waals surface area contributed by atoms with Gasteiger partial charge in [0, 0.05) is 12.8 Å². The fraction of sp³-hybridized carbons (Fsp3) is 0.595. The highest BCUT2D eigenvalue weighted by Gasteiger charge is 2.28. The van der Waals surface area contributed by atoms with Gasteiger partial charge >= 0.3 is 25.7 Å². The number of hydrogen-bond donors (Lipinski definition) is 3. The van der Waals surface area contributed by atoms with Crippen LogP contribution in [0.3, 0.4) is 0 Å². The van der Waals surface area contributed by atoms with Gasteiger partial charge in [-0.1, -0.05) is 131 Å². The van der Waals surface area contributed by atoms with Crippen molar-refractivity contribution in [2.24, 2.45) is 5.73 Å².